The van der Waals surface area contributed by atoms with Crippen molar-refractivity contribution < 1.29 is 9.53 Å². The van der Waals surface area contributed by atoms with Gasteiger partial charge in [0.15, 0.2) is 0 Å². The van der Waals surface area contributed by atoms with Crippen LogP contribution in [0.5, 0.6) is 5.75 Å². The standard InChI is InChI=1S/C13H19N3O2/c1-15-12(9-13(17)16(15)7-6-14)10-4-3-5-11(8-10)18-2/h3-5,8,12H,6-7,9,14H2,1-2H3. The number of ether oxygens (including phenoxy) is 1. The van der Waals surface area contributed by atoms with Crippen LogP contribution in [0.15, 0.2) is 24.3 Å². The normalized spacial score (nSPS) is 20.5. The highest BCUT2D eigenvalue weighted by Gasteiger charge is 2.35. The number of nitrogens with zero attached hydrogens (tertiary/aromatic N) is 2. The van der Waals surface area contributed by atoms with Gasteiger partial charge in [0.1, 0.15) is 5.75 Å². The van der Waals surface area contributed by atoms with E-state index in [0.29, 0.717) is 19.5 Å². The van der Waals surface area contributed by atoms with Gasteiger partial charge in [-0.05, 0) is 17.7 Å². The van der Waals surface area contributed by atoms with Crippen molar-refractivity contribution in [2.75, 3.05) is 27.2 Å². The topological polar surface area (TPSA) is 58.8 Å². The molecule has 1 unspecified atom stereocenters. The van der Waals surface area contributed by atoms with Crippen molar-refractivity contribution in [2.24, 2.45) is 5.73 Å². The van der Waals surface area contributed by atoms with E-state index in [1.807, 2.05) is 36.3 Å². The Hall–Kier alpha value is -1.59. The van der Waals surface area contributed by atoms with Crippen LogP contribution >= 0.6 is 0 Å². The van der Waals surface area contributed by atoms with Gasteiger partial charge in [0.05, 0.1) is 13.2 Å². The van der Waals surface area contributed by atoms with E-state index in [-0.39, 0.29) is 11.9 Å². The van der Waals surface area contributed by atoms with Gasteiger partial charge in [0.2, 0.25) is 5.91 Å². The molecule has 5 heteroatoms. The van der Waals surface area contributed by atoms with Crippen LogP contribution in [-0.4, -0.2) is 43.2 Å². The molecule has 1 aromatic carbocycles. The molecule has 1 amide bonds. The predicted octanol–water partition coefficient (Wildman–Crippen LogP) is 0.774. The molecular weight excluding hydrogens is 230 g/mol. The van der Waals surface area contributed by atoms with Crippen LogP contribution in [-0.2, 0) is 4.79 Å². The van der Waals surface area contributed by atoms with Gasteiger partial charge in [-0.15, -0.1) is 0 Å². The van der Waals surface area contributed by atoms with Gasteiger partial charge in [-0.2, -0.15) is 0 Å². The van der Waals surface area contributed by atoms with Crippen molar-refractivity contribution >= 4 is 5.91 Å². The molecule has 1 atom stereocenters. The first kappa shape index (κ1) is 12.9. The molecule has 0 saturated carbocycles. The number of benzene rings is 1. The van der Waals surface area contributed by atoms with Crippen molar-refractivity contribution in [1.29, 1.82) is 0 Å². The lowest BCUT2D eigenvalue weighted by molar-refractivity contribution is -0.136. The zero-order valence-electron chi connectivity index (χ0n) is 10.8. The fourth-order valence-corrected chi connectivity index (χ4v) is 2.33. The van der Waals surface area contributed by atoms with Gasteiger partial charge in [-0.25, -0.2) is 5.01 Å². The van der Waals surface area contributed by atoms with Gasteiger partial charge in [0.25, 0.3) is 0 Å². The lowest BCUT2D eigenvalue weighted by Gasteiger charge is -2.28. The first-order chi connectivity index (χ1) is 8.67. The third-order valence-corrected chi connectivity index (χ3v) is 3.31. The van der Waals surface area contributed by atoms with Gasteiger partial charge in [-0.1, -0.05) is 12.1 Å². The van der Waals surface area contributed by atoms with E-state index in [1.165, 1.54) is 0 Å². The van der Waals surface area contributed by atoms with Crippen LogP contribution in [0.2, 0.25) is 0 Å². The molecule has 0 bridgehead atoms. The molecule has 2 N–H and O–H groups in total. The largest absolute Gasteiger partial charge is 0.497 e. The second-order valence-corrected chi connectivity index (χ2v) is 4.38. The zero-order valence-corrected chi connectivity index (χ0v) is 10.8. The number of rotatable bonds is 4. The second-order valence-electron chi connectivity index (χ2n) is 4.38. The van der Waals surface area contributed by atoms with Crippen LogP contribution in [0.4, 0.5) is 0 Å². The number of nitrogens with two attached hydrogens (primary N) is 1. The smallest absolute Gasteiger partial charge is 0.238 e. The SMILES string of the molecule is COc1cccc(C2CC(=O)N(CCN)N2C)c1. The summed E-state index contributed by atoms with van der Waals surface area (Å²) in [6.45, 7) is 1.04. The maximum Gasteiger partial charge on any atom is 0.238 e. The quantitative estimate of drug-likeness (QED) is 0.856. The molecule has 1 fully saturated rings. The Bertz CT molecular complexity index is 436. The highest BCUT2D eigenvalue weighted by molar-refractivity contribution is 5.78. The van der Waals surface area contributed by atoms with E-state index in [0.717, 1.165) is 11.3 Å². The Morgan fingerprint density at radius 1 is 1.50 bits per heavy atom. The summed E-state index contributed by atoms with van der Waals surface area (Å²) in [4.78, 5) is 11.9. The molecule has 0 radical (unpaired) electrons. The molecule has 0 aromatic heterocycles. The first-order valence-corrected chi connectivity index (χ1v) is 6.04. The Balaban J connectivity index is 2.21. The van der Waals surface area contributed by atoms with Crippen molar-refractivity contribution in [3.8, 4) is 5.75 Å². The fraction of sp³-hybridized carbons (Fsp3) is 0.462. The molecular formula is C13H19N3O2. The molecule has 0 aliphatic carbocycles. The maximum absolute atomic E-state index is 11.9. The van der Waals surface area contributed by atoms with Crippen LogP contribution in [0, 0.1) is 0 Å². The van der Waals surface area contributed by atoms with E-state index in [2.05, 4.69) is 0 Å². The van der Waals surface area contributed by atoms with Crippen LogP contribution < -0.4 is 10.5 Å². The summed E-state index contributed by atoms with van der Waals surface area (Å²) in [5.74, 6) is 0.932. The number of hydrogen-bond acceptors (Lipinski definition) is 4. The minimum atomic E-state index is 0.0687. The van der Waals surface area contributed by atoms with E-state index in [4.69, 9.17) is 10.5 Å². The summed E-state index contributed by atoms with van der Waals surface area (Å²) in [5.41, 5.74) is 6.61. The summed E-state index contributed by atoms with van der Waals surface area (Å²) >= 11 is 0. The summed E-state index contributed by atoms with van der Waals surface area (Å²) < 4.78 is 5.21. The highest BCUT2D eigenvalue weighted by Crippen LogP contribution is 2.32. The maximum atomic E-state index is 11.9. The number of carbonyl (C=O) groups is 1. The van der Waals surface area contributed by atoms with E-state index in [1.54, 1.807) is 12.1 Å². The number of amides is 1. The average Bonchev–Trinajstić information content (AvgIpc) is 2.67. The van der Waals surface area contributed by atoms with Gasteiger partial charge in [-0.3, -0.25) is 9.80 Å². The van der Waals surface area contributed by atoms with E-state index in [9.17, 15) is 4.79 Å². The van der Waals surface area contributed by atoms with Crippen LogP contribution in [0.1, 0.15) is 18.0 Å². The molecule has 2 rings (SSSR count). The third kappa shape index (κ3) is 2.32. The highest BCUT2D eigenvalue weighted by atomic mass is 16.5. The summed E-state index contributed by atoms with van der Waals surface area (Å²) in [6.07, 6.45) is 0.490. The molecule has 1 aliphatic heterocycles. The monoisotopic (exact) mass is 249 g/mol. The van der Waals surface area contributed by atoms with Crippen LogP contribution in [0.3, 0.4) is 0 Å². The molecule has 1 aliphatic rings. The van der Waals surface area contributed by atoms with Gasteiger partial charge >= 0.3 is 0 Å². The number of hydrogen-bond donors (Lipinski definition) is 1. The molecule has 1 heterocycles. The van der Waals surface area contributed by atoms with E-state index >= 15 is 0 Å². The van der Waals surface area contributed by atoms with Gasteiger partial charge < -0.3 is 10.5 Å². The first-order valence-electron chi connectivity index (χ1n) is 6.04. The average molecular weight is 249 g/mol. The lowest BCUT2D eigenvalue weighted by Crippen LogP contribution is -2.40. The number of carbonyl (C=O) groups excluding carboxylic acids is 1. The summed E-state index contributed by atoms with van der Waals surface area (Å²) in [5, 5.41) is 3.67. The second kappa shape index (κ2) is 5.37. The Labute approximate surface area is 107 Å². The van der Waals surface area contributed by atoms with E-state index < -0.39 is 0 Å². The fourth-order valence-electron chi connectivity index (χ4n) is 2.33. The van der Waals surface area contributed by atoms with Gasteiger partial charge in [0, 0.05) is 26.6 Å². The predicted molar refractivity (Wildman–Crippen MR) is 68.9 cm³/mol. The minimum Gasteiger partial charge on any atom is -0.497 e. The lowest BCUT2D eigenvalue weighted by atomic mass is 10.0. The molecule has 0 spiro atoms. The Kier molecular flexibility index (Phi) is 3.84. The van der Waals surface area contributed by atoms with Crippen molar-refractivity contribution in [2.45, 2.75) is 12.5 Å². The van der Waals surface area contributed by atoms with Crippen molar-refractivity contribution in [1.82, 2.24) is 10.0 Å². The van der Waals surface area contributed by atoms with Crippen LogP contribution in [0.25, 0.3) is 0 Å². The molecule has 1 aromatic rings. The minimum absolute atomic E-state index is 0.0687. The zero-order chi connectivity index (χ0) is 13.1. The summed E-state index contributed by atoms with van der Waals surface area (Å²) in [7, 11) is 3.56. The molecule has 1 saturated heterocycles. The third-order valence-electron chi connectivity index (χ3n) is 3.31. The number of methoxy groups -OCH3 is 1. The molecule has 5 nitrogen and oxygen atoms in total. The summed E-state index contributed by atoms with van der Waals surface area (Å²) in [6, 6.07) is 7.90. The number of hydrazine groups is 1. The van der Waals surface area contributed by atoms with Crippen molar-refractivity contribution in [3.63, 3.8) is 0 Å². The molecule has 98 valence electrons. The Morgan fingerprint density at radius 3 is 2.94 bits per heavy atom. The Morgan fingerprint density at radius 2 is 2.28 bits per heavy atom. The van der Waals surface area contributed by atoms with Crippen molar-refractivity contribution in [3.05, 3.63) is 29.8 Å². The molecule has 18 heavy (non-hydrogen) atoms.